The molecule has 0 saturated carbocycles. The van der Waals surface area contributed by atoms with Gasteiger partial charge in [-0.05, 0) is 60.6 Å². The fourth-order valence-electron chi connectivity index (χ4n) is 4.72. The number of anilines is 1. The minimum atomic E-state index is -0.751. The number of carbonyl (C=O) groups excluding carboxylic acids is 2. The molecule has 28 heavy (non-hydrogen) atoms. The van der Waals surface area contributed by atoms with Crippen molar-refractivity contribution in [1.82, 2.24) is 4.90 Å². The van der Waals surface area contributed by atoms with E-state index in [1.807, 2.05) is 41.3 Å². The molecule has 1 fully saturated rings. The molecule has 2 aliphatic rings. The van der Waals surface area contributed by atoms with Crippen LogP contribution in [-0.2, 0) is 21.4 Å². The molecule has 4 rings (SSSR count). The van der Waals surface area contributed by atoms with Gasteiger partial charge in [0.15, 0.2) is 0 Å². The number of nitrogens with zero attached hydrogens (tertiary/aromatic N) is 1. The first kappa shape index (κ1) is 19.3. The van der Waals surface area contributed by atoms with E-state index >= 15 is 0 Å². The highest BCUT2D eigenvalue weighted by Crippen LogP contribution is 2.48. The summed E-state index contributed by atoms with van der Waals surface area (Å²) in [6, 6.07) is 13.2. The Hall–Kier alpha value is -2.04. The minimum Gasteiger partial charge on any atom is -0.343 e. The molecule has 0 aliphatic carbocycles. The number of amides is 2. The predicted octanol–water partition coefficient (Wildman–Crippen LogP) is 4.68. The minimum absolute atomic E-state index is 0.0200. The molecule has 0 spiro atoms. The third-order valence-corrected chi connectivity index (χ3v) is 6.52. The second kappa shape index (κ2) is 7.41. The van der Waals surface area contributed by atoms with E-state index in [-0.39, 0.29) is 17.7 Å². The van der Waals surface area contributed by atoms with Crippen LogP contribution in [0.4, 0.5) is 5.69 Å². The van der Waals surface area contributed by atoms with Crippen LogP contribution in [0.5, 0.6) is 0 Å². The average molecular weight is 417 g/mol. The highest BCUT2D eigenvalue weighted by atomic mass is 35.5. The van der Waals surface area contributed by atoms with Gasteiger partial charge in [0.25, 0.3) is 0 Å². The molecule has 1 saturated heterocycles. The van der Waals surface area contributed by atoms with E-state index in [4.69, 9.17) is 23.2 Å². The SMILES string of the molecule is CC(=O)N1CCCC([C@]2(Cc3cccc(Cl)c3)C(=O)Nc3cc(Cl)ccc32)C1. The van der Waals surface area contributed by atoms with Gasteiger partial charge in [0.2, 0.25) is 11.8 Å². The standard InChI is InChI=1S/C22H22Cl2N2O2/c1-14(27)26-9-3-5-16(13-26)22(12-15-4-2-6-17(23)10-15)19-8-7-18(24)11-20(19)25-21(22)28/h2,4,6-8,10-11,16H,3,5,9,12-13H2,1H3,(H,25,28)/t16?,22-/m0/s1. The third-order valence-electron chi connectivity index (χ3n) is 6.05. The summed E-state index contributed by atoms with van der Waals surface area (Å²) in [5.41, 5.74) is 1.97. The van der Waals surface area contributed by atoms with Crippen LogP contribution in [0.1, 0.15) is 30.9 Å². The van der Waals surface area contributed by atoms with Gasteiger partial charge in [-0.1, -0.05) is 41.4 Å². The van der Waals surface area contributed by atoms with Crippen LogP contribution >= 0.6 is 23.2 Å². The monoisotopic (exact) mass is 416 g/mol. The van der Waals surface area contributed by atoms with Crippen molar-refractivity contribution in [3.63, 3.8) is 0 Å². The Morgan fingerprint density at radius 3 is 2.75 bits per heavy atom. The molecule has 0 aromatic heterocycles. The first-order valence-corrected chi connectivity index (χ1v) is 10.3. The number of fused-ring (bicyclic) bond motifs is 1. The molecule has 2 aromatic rings. The Balaban J connectivity index is 1.82. The normalized spacial score (nSPS) is 24.0. The maximum Gasteiger partial charge on any atom is 0.235 e. The number of nitrogens with one attached hydrogen (secondary N) is 1. The van der Waals surface area contributed by atoms with Crippen LogP contribution in [0.15, 0.2) is 42.5 Å². The topological polar surface area (TPSA) is 49.4 Å². The van der Waals surface area contributed by atoms with Crippen molar-refractivity contribution < 1.29 is 9.59 Å². The van der Waals surface area contributed by atoms with E-state index in [9.17, 15) is 9.59 Å². The highest BCUT2D eigenvalue weighted by Gasteiger charge is 2.53. The van der Waals surface area contributed by atoms with Gasteiger partial charge < -0.3 is 10.2 Å². The fourth-order valence-corrected chi connectivity index (χ4v) is 5.11. The van der Waals surface area contributed by atoms with Gasteiger partial charge in [0.05, 0.1) is 5.41 Å². The number of hydrogen-bond acceptors (Lipinski definition) is 2. The molecule has 0 radical (unpaired) electrons. The Bertz CT molecular complexity index is 946. The van der Waals surface area contributed by atoms with Gasteiger partial charge in [-0.2, -0.15) is 0 Å². The summed E-state index contributed by atoms with van der Waals surface area (Å²) in [5.74, 6) is 0.0454. The molecule has 2 aliphatic heterocycles. The number of benzene rings is 2. The molecule has 146 valence electrons. The van der Waals surface area contributed by atoms with Gasteiger partial charge >= 0.3 is 0 Å². The lowest BCUT2D eigenvalue weighted by atomic mass is 9.65. The van der Waals surface area contributed by atoms with E-state index in [0.717, 1.165) is 36.2 Å². The maximum absolute atomic E-state index is 13.4. The van der Waals surface area contributed by atoms with Crippen LogP contribution < -0.4 is 5.32 Å². The maximum atomic E-state index is 13.4. The third kappa shape index (κ3) is 3.29. The summed E-state index contributed by atoms with van der Waals surface area (Å²) >= 11 is 12.4. The van der Waals surface area contributed by atoms with E-state index < -0.39 is 5.41 Å². The van der Waals surface area contributed by atoms with Gasteiger partial charge in [0.1, 0.15) is 0 Å². The van der Waals surface area contributed by atoms with Gasteiger partial charge in [0, 0.05) is 35.7 Å². The molecule has 2 heterocycles. The predicted molar refractivity (Wildman–Crippen MR) is 112 cm³/mol. The number of halogens is 2. The van der Waals surface area contributed by atoms with Crippen molar-refractivity contribution in [2.24, 2.45) is 5.92 Å². The van der Waals surface area contributed by atoms with Crippen molar-refractivity contribution in [3.8, 4) is 0 Å². The number of hydrogen-bond donors (Lipinski definition) is 1. The van der Waals surface area contributed by atoms with E-state index in [2.05, 4.69) is 5.32 Å². The van der Waals surface area contributed by atoms with Crippen molar-refractivity contribution in [1.29, 1.82) is 0 Å². The van der Waals surface area contributed by atoms with E-state index in [0.29, 0.717) is 23.0 Å². The zero-order valence-electron chi connectivity index (χ0n) is 15.7. The van der Waals surface area contributed by atoms with Crippen LogP contribution in [0.3, 0.4) is 0 Å². The van der Waals surface area contributed by atoms with Crippen LogP contribution in [0, 0.1) is 5.92 Å². The average Bonchev–Trinajstić information content (AvgIpc) is 2.93. The van der Waals surface area contributed by atoms with Crippen LogP contribution in [-0.4, -0.2) is 29.8 Å². The number of likely N-dealkylation sites (tertiary alicyclic amines) is 1. The van der Waals surface area contributed by atoms with Crippen LogP contribution in [0.2, 0.25) is 10.0 Å². The van der Waals surface area contributed by atoms with Gasteiger partial charge in [-0.25, -0.2) is 0 Å². The number of carbonyl (C=O) groups is 2. The Labute approximate surface area is 174 Å². The molecule has 2 amide bonds. The van der Waals surface area contributed by atoms with Gasteiger partial charge in [-0.3, -0.25) is 9.59 Å². The number of piperidine rings is 1. The van der Waals surface area contributed by atoms with Crippen molar-refractivity contribution in [2.45, 2.75) is 31.6 Å². The highest BCUT2D eigenvalue weighted by molar-refractivity contribution is 6.31. The first-order chi connectivity index (χ1) is 13.4. The van der Waals surface area contributed by atoms with Crippen molar-refractivity contribution >= 4 is 40.7 Å². The second-order valence-electron chi connectivity index (χ2n) is 7.73. The van der Waals surface area contributed by atoms with Gasteiger partial charge in [-0.15, -0.1) is 0 Å². The summed E-state index contributed by atoms with van der Waals surface area (Å²) in [7, 11) is 0. The van der Waals surface area contributed by atoms with E-state index in [1.54, 1.807) is 13.0 Å². The Morgan fingerprint density at radius 2 is 2.00 bits per heavy atom. The Morgan fingerprint density at radius 1 is 1.21 bits per heavy atom. The molecular formula is C22H22Cl2N2O2. The smallest absolute Gasteiger partial charge is 0.235 e. The summed E-state index contributed by atoms with van der Waals surface area (Å²) in [4.78, 5) is 27.3. The lowest BCUT2D eigenvalue weighted by molar-refractivity contribution is -0.133. The zero-order chi connectivity index (χ0) is 19.9. The summed E-state index contributed by atoms with van der Waals surface area (Å²) in [6.45, 7) is 2.91. The second-order valence-corrected chi connectivity index (χ2v) is 8.60. The lowest BCUT2D eigenvalue weighted by Crippen LogP contribution is -2.51. The molecule has 2 aromatic carbocycles. The van der Waals surface area contributed by atoms with E-state index in [1.165, 1.54) is 0 Å². The first-order valence-electron chi connectivity index (χ1n) is 9.51. The molecule has 1 N–H and O–H groups in total. The quantitative estimate of drug-likeness (QED) is 0.788. The lowest BCUT2D eigenvalue weighted by Gasteiger charge is -2.42. The largest absolute Gasteiger partial charge is 0.343 e. The molecule has 2 atom stereocenters. The Kier molecular flexibility index (Phi) is 5.11. The summed E-state index contributed by atoms with van der Waals surface area (Å²) in [6.07, 6.45) is 2.31. The molecule has 6 heteroatoms. The summed E-state index contributed by atoms with van der Waals surface area (Å²) in [5, 5.41) is 4.28. The van der Waals surface area contributed by atoms with Crippen molar-refractivity contribution in [3.05, 3.63) is 63.6 Å². The van der Waals surface area contributed by atoms with Crippen molar-refractivity contribution in [2.75, 3.05) is 18.4 Å². The molecule has 4 nitrogen and oxygen atoms in total. The number of rotatable bonds is 3. The molecule has 1 unspecified atom stereocenters. The molecule has 0 bridgehead atoms. The summed E-state index contributed by atoms with van der Waals surface area (Å²) < 4.78 is 0. The van der Waals surface area contributed by atoms with Crippen LogP contribution in [0.25, 0.3) is 0 Å². The fraction of sp³-hybridized carbons (Fsp3) is 0.364. The zero-order valence-corrected chi connectivity index (χ0v) is 17.2. The molecular weight excluding hydrogens is 395 g/mol.